The molecule has 0 aromatic heterocycles. The van der Waals surface area contributed by atoms with Crippen molar-refractivity contribution in [1.29, 1.82) is 0 Å². The molecule has 0 aliphatic heterocycles. The second-order valence-electron chi connectivity index (χ2n) is 5.67. The van der Waals surface area contributed by atoms with E-state index in [0.717, 1.165) is 5.56 Å². The summed E-state index contributed by atoms with van der Waals surface area (Å²) < 4.78 is 17.6. The Bertz CT molecular complexity index is 788. The van der Waals surface area contributed by atoms with Gasteiger partial charge >= 0.3 is 37.2 Å². The van der Waals surface area contributed by atoms with Crippen molar-refractivity contribution < 1.29 is 58.5 Å². The van der Waals surface area contributed by atoms with Crippen molar-refractivity contribution in [3.8, 4) is 5.75 Å². The summed E-state index contributed by atoms with van der Waals surface area (Å²) in [7, 11) is -4.31. The Morgan fingerprint density at radius 1 is 1.19 bits per heavy atom. The molecule has 0 bridgehead atoms. The zero-order valence-corrected chi connectivity index (χ0v) is 18.1. The van der Waals surface area contributed by atoms with Gasteiger partial charge in [0.2, 0.25) is 0 Å². The molecule has 2 unspecified atom stereocenters. The van der Waals surface area contributed by atoms with Crippen molar-refractivity contribution in [1.82, 2.24) is 5.32 Å². The monoisotopic (exact) mass is 401 g/mol. The van der Waals surface area contributed by atoms with E-state index in [1.807, 2.05) is 0 Å². The minimum atomic E-state index is -4.31. The molecule has 27 heavy (non-hydrogen) atoms. The smallest absolute Gasteiger partial charge is 0.548 e. The Hall–Kier alpha value is -1.18. The van der Waals surface area contributed by atoms with Crippen molar-refractivity contribution in [3.63, 3.8) is 0 Å². The van der Waals surface area contributed by atoms with Gasteiger partial charge in [0.05, 0.1) is 18.6 Å². The minimum Gasteiger partial charge on any atom is -0.548 e. The van der Waals surface area contributed by atoms with Crippen LogP contribution in [0.3, 0.4) is 0 Å². The van der Waals surface area contributed by atoms with Gasteiger partial charge in [-0.05, 0) is 25.0 Å². The average molecular weight is 401 g/mol. The van der Waals surface area contributed by atoms with Gasteiger partial charge in [-0.2, -0.15) is 0 Å². The van der Waals surface area contributed by atoms with Crippen LogP contribution in [-0.2, 0) is 20.3 Å². The predicted octanol–water partition coefficient (Wildman–Crippen LogP) is -1.43. The first-order valence-electron chi connectivity index (χ1n) is 8.11. The fourth-order valence-electron chi connectivity index (χ4n) is 2.59. The number of carboxylic acids is 1. The summed E-state index contributed by atoms with van der Waals surface area (Å²) in [5, 5.41) is 24.3. The summed E-state index contributed by atoms with van der Waals surface area (Å²) in [5.74, 6) is -3.09. The Balaban J connectivity index is 0.00000364. The number of carboxylic acid groups (broad SMARTS) is 1. The van der Waals surface area contributed by atoms with Crippen LogP contribution in [0.1, 0.15) is 23.8 Å². The van der Waals surface area contributed by atoms with Gasteiger partial charge in [0, 0.05) is 5.56 Å². The van der Waals surface area contributed by atoms with Gasteiger partial charge in [0.1, 0.15) is 11.5 Å². The second kappa shape index (κ2) is 11.0. The van der Waals surface area contributed by atoms with E-state index >= 15 is 0 Å². The van der Waals surface area contributed by atoms with Crippen molar-refractivity contribution in [2.45, 2.75) is 25.2 Å². The first-order valence-corrected chi connectivity index (χ1v) is 9.75. The van der Waals surface area contributed by atoms with Crippen LogP contribution in [0.4, 0.5) is 0 Å². The van der Waals surface area contributed by atoms with Crippen molar-refractivity contribution >= 4 is 13.6 Å². The van der Waals surface area contributed by atoms with Crippen LogP contribution >= 0.6 is 7.60 Å². The van der Waals surface area contributed by atoms with Crippen LogP contribution in [0, 0.1) is 0 Å². The quantitative estimate of drug-likeness (QED) is 0.348. The summed E-state index contributed by atoms with van der Waals surface area (Å²) in [6.07, 6.45) is 0.0411. The predicted molar refractivity (Wildman–Crippen MR) is 94.4 cm³/mol. The Labute approximate surface area is 180 Å². The summed E-state index contributed by atoms with van der Waals surface area (Å²) in [6, 6.07) is 13.5. The molecule has 3 atom stereocenters. The van der Waals surface area contributed by atoms with E-state index in [9.17, 15) is 24.5 Å². The Kier molecular flexibility index (Phi) is 9.70. The van der Waals surface area contributed by atoms with Crippen molar-refractivity contribution in [3.05, 3.63) is 65.7 Å². The van der Waals surface area contributed by atoms with Crippen LogP contribution in [0.15, 0.2) is 54.6 Å². The molecule has 0 radical (unpaired) electrons. The summed E-state index contributed by atoms with van der Waals surface area (Å²) >= 11 is 0. The fourth-order valence-corrected chi connectivity index (χ4v) is 4.05. The van der Waals surface area contributed by atoms with E-state index in [1.54, 1.807) is 49.4 Å². The molecule has 0 aliphatic rings. The number of phenolic OH excluding ortho intramolecular Hbond substituents is 1. The number of carbonyl (C=O) groups is 1. The number of nitrogens with one attached hydrogen (secondary N) is 1. The van der Waals surface area contributed by atoms with Crippen LogP contribution in [-0.4, -0.2) is 28.6 Å². The minimum absolute atomic E-state index is 0. The number of aromatic hydroxyl groups is 1. The number of rotatable bonds is 9. The molecule has 2 aromatic carbocycles. The first kappa shape index (κ1) is 23.9. The molecule has 140 valence electrons. The number of hydrogen-bond donors (Lipinski definition) is 3. The van der Waals surface area contributed by atoms with E-state index in [2.05, 4.69) is 5.32 Å². The third-order valence-corrected chi connectivity index (χ3v) is 5.51. The average Bonchev–Trinajstić information content (AvgIpc) is 2.60. The molecular formula is C18H21NNaO6P. The van der Waals surface area contributed by atoms with E-state index in [0.29, 0.717) is 0 Å². The number of aliphatic carboxylic acids is 1. The molecule has 0 aliphatic carbocycles. The molecule has 7 nitrogen and oxygen atoms in total. The number of phenols is 1. The standard InChI is InChI=1S/C18H22NO6P.Na/c1-2-25-26(23,24)17(14-10-6-7-11-16(14)20)19-15(18(21)22)12-13-8-4-3-5-9-13;/h3-11,15,17,19-20H,2,12H2,1H3,(H,21,22)(H,23,24);/q;+1/p-1/t15-,17?;/m0./s1. The Morgan fingerprint density at radius 2 is 1.78 bits per heavy atom. The molecule has 0 spiro atoms. The zero-order valence-electron chi connectivity index (χ0n) is 15.2. The number of benzene rings is 2. The maximum absolute atomic E-state index is 12.6. The Morgan fingerprint density at radius 3 is 2.33 bits per heavy atom. The van der Waals surface area contributed by atoms with Crippen LogP contribution in [0.2, 0.25) is 0 Å². The van der Waals surface area contributed by atoms with Gasteiger partial charge in [-0.25, -0.2) is 0 Å². The van der Waals surface area contributed by atoms with Crippen LogP contribution in [0.25, 0.3) is 0 Å². The second-order valence-corrected chi connectivity index (χ2v) is 7.57. The molecule has 2 aromatic rings. The summed E-state index contributed by atoms with van der Waals surface area (Å²) in [6.45, 7) is 1.50. The van der Waals surface area contributed by atoms with Crippen LogP contribution < -0.4 is 40.0 Å². The SMILES string of the molecule is CCOP(=O)(O)C(N[C@@H](Cc1ccccc1)C(=O)[O-])c1ccccc1O.[Na+]. The topological polar surface area (TPSA) is 119 Å². The maximum atomic E-state index is 12.6. The third-order valence-electron chi connectivity index (χ3n) is 3.80. The van der Waals surface area contributed by atoms with Gasteiger partial charge < -0.3 is 24.4 Å². The van der Waals surface area contributed by atoms with Crippen molar-refractivity contribution in [2.75, 3.05) is 6.61 Å². The number of para-hydroxylation sites is 1. The third kappa shape index (κ3) is 6.73. The molecule has 9 heteroatoms. The molecule has 0 heterocycles. The molecule has 0 saturated heterocycles. The summed E-state index contributed by atoms with van der Waals surface area (Å²) in [4.78, 5) is 21.9. The number of hydrogen-bond acceptors (Lipinski definition) is 6. The molecule has 0 amide bonds. The molecule has 2 rings (SSSR count). The van der Waals surface area contributed by atoms with Gasteiger partial charge in [0.25, 0.3) is 0 Å². The van der Waals surface area contributed by atoms with Gasteiger partial charge in [-0.15, -0.1) is 0 Å². The van der Waals surface area contributed by atoms with Crippen LogP contribution in [0.5, 0.6) is 5.75 Å². The normalized spacial score (nSPS) is 15.2. The number of carbonyl (C=O) groups excluding carboxylic acids is 1. The van der Waals surface area contributed by atoms with E-state index in [4.69, 9.17) is 4.52 Å². The molecular weight excluding hydrogens is 380 g/mol. The van der Waals surface area contributed by atoms with E-state index < -0.39 is 25.4 Å². The molecule has 0 saturated carbocycles. The molecule has 3 N–H and O–H groups in total. The van der Waals surface area contributed by atoms with Crippen molar-refractivity contribution in [2.24, 2.45) is 0 Å². The zero-order chi connectivity index (χ0) is 19.2. The van der Waals surface area contributed by atoms with Gasteiger partial charge in [-0.1, -0.05) is 48.5 Å². The van der Waals surface area contributed by atoms with E-state index in [1.165, 1.54) is 12.1 Å². The van der Waals surface area contributed by atoms with Gasteiger partial charge in [-0.3, -0.25) is 9.88 Å². The first-order chi connectivity index (χ1) is 12.3. The fraction of sp³-hybridized carbons (Fsp3) is 0.278. The maximum Gasteiger partial charge on any atom is 1.00 e. The van der Waals surface area contributed by atoms with Gasteiger partial charge in [0.15, 0.2) is 0 Å². The van der Waals surface area contributed by atoms with E-state index in [-0.39, 0.29) is 53.9 Å². The largest absolute Gasteiger partial charge is 1.00 e. The molecule has 0 fully saturated rings. The summed E-state index contributed by atoms with van der Waals surface area (Å²) in [5.41, 5.74) is 0.792.